The van der Waals surface area contributed by atoms with Gasteiger partial charge < -0.3 is 5.32 Å². The highest BCUT2D eigenvalue weighted by molar-refractivity contribution is 9.10. The van der Waals surface area contributed by atoms with Crippen molar-refractivity contribution >= 4 is 39.1 Å². The average Bonchev–Trinajstić information content (AvgIpc) is 2.35. The number of carbonyl (C=O) groups excluding carboxylic acids is 1. The molecule has 0 saturated heterocycles. The molecule has 0 bridgehead atoms. The summed E-state index contributed by atoms with van der Waals surface area (Å²) >= 11 is 9.55. The highest BCUT2D eigenvalue weighted by Gasteiger charge is 2.14. The first-order valence-electron chi connectivity index (χ1n) is 6.23. The van der Waals surface area contributed by atoms with Crippen LogP contribution < -0.4 is 5.32 Å². The van der Waals surface area contributed by atoms with Gasteiger partial charge in [0.05, 0.1) is 5.69 Å². The molecule has 0 spiro atoms. The molecule has 2 aromatic rings. The maximum atomic E-state index is 12.4. The van der Waals surface area contributed by atoms with Gasteiger partial charge in [0.15, 0.2) is 0 Å². The molecule has 1 N–H and O–H groups in total. The van der Waals surface area contributed by atoms with Gasteiger partial charge in [-0.25, -0.2) is 0 Å². The van der Waals surface area contributed by atoms with E-state index in [2.05, 4.69) is 21.2 Å². The van der Waals surface area contributed by atoms with E-state index in [0.29, 0.717) is 16.3 Å². The number of hydrogen-bond acceptors (Lipinski definition) is 1. The number of halogens is 2. The molecule has 0 atom stereocenters. The van der Waals surface area contributed by atoms with E-state index in [1.807, 2.05) is 45.0 Å². The number of rotatable bonds is 2. The van der Waals surface area contributed by atoms with Crippen molar-refractivity contribution in [2.75, 3.05) is 5.32 Å². The van der Waals surface area contributed by atoms with E-state index >= 15 is 0 Å². The van der Waals surface area contributed by atoms with Crippen molar-refractivity contribution in [3.8, 4) is 0 Å². The van der Waals surface area contributed by atoms with Crippen LogP contribution in [0.2, 0.25) is 5.02 Å². The molecule has 0 radical (unpaired) electrons. The van der Waals surface area contributed by atoms with E-state index in [-0.39, 0.29) is 5.91 Å². The zero-order chi connectivity index (χ0) is 14.9. The zero-order valence-corrected chi connectivity index (χ0v) is 13.9. The van der Waals surface area contributed by atoms with Crippen molar-refractivity contribution in [2.24, 2.45) is 0 Å². The molecule has 2 aromatic carbocycles. The van der Waals surface area contributed by atoms with Crippen molar-refractivity contribution < 1.29 is 4.79 Å². The minimum absolute atomic E-state index is 0.124. The summed E-state index contributed by atoms with van der Waals surface area (Å²) in [6.07, 6.45) is 0. The number of nitrogens with one attached hydrogen (secondary N) is 1. The Balaban J connectivity index is 2.35. The Morgan fingerprint density at radius 3 is 2.30 bits per heavy atom. The molecule has 0 fully saturated rings. The number of aryl methyl sites for hydroxylation is 3. The zero-order valence-electron chi connectivity index (χ0n) is 11.6. The van der Waals surface area contributed by atoms with E-state index in [0.717, 1.165) is 21.2 Å². The molecule has 1 amide bonds. The van der Waals surface area contributed by atoms with Crippen molar-refractivity contribution in [3.63, 3.8) is 0 Å². The molecule has 0 heterocycles. The smallest absolute Gasteiger partial charge is 0.256 e. The van der Waals surface area contributed by atoms with Gasteiger partial charge >= 0.3 is 0 Å². The lowest BCUT2D eigenvalue weighted by Crippen LogP contribution is -2.15. The van der Waals surface area contributed by atoms with Gasteiger partial charge in [-0.05, 0) is 65.5 Å². The summed E-state index contributed by atoms with van der Waals surface area (Å²) in [4.78, 5) is 12.4. The molecule has 4 heteroatoms. The van der Waals surface area contributed by atoms with Crippen molar-refractivity contribution in [1.82, 2.24) is 0 Å². The third-order valence-corrected chi connectivity index (χ3v) is 4.27. The summed E-state index contributed by atoms with van der Waals surface area (Å²) in [5.74, 6) is -0.124. The first-order chi connectivity index (χ1) is 9.40. The summed E-state index contributed by atoms with van der Waals surface area (Å²) in [5, 5.41) is 3.54. The van der Waals surface area contributed by atoms with Gasteiger partial charge in [-0.2, -0.15) is 0 Å². The van der Waals surface area contributed by atoms with Crippen LogP contribution in [0.25, 0.3) is 0 Å². The monoisotopic (exact) mass is 351 g/mol. The molecular weight excluding hydrogens is 338 g/mol. The Labute approximate surface area is 132 Å². The number of amides is 1. The molecule has 2 nitrogen and oxygen atoms in total. The second-order valence-electron chi connectivity index (χ2n) is 4.80. The van der Waals surface area contributed by atoms with Gasteiger partial charge in [0, 0.05) is 15.1 Å². The first-order valence-corrected chi connectivity index (χ1v) is 7.40. The Bertz CT molecular complexity index is 662. The molecular formula is C16H15BrClNO. The highest BCUT2D eigenvalue weighted by Crippen LogP contribution is 2.29. The van der Waals surface area contributed by atoms with Crippen LogP contribution in [0, 0.1) is 20.8 Å². The molecule has 0 unspecified atom stereocenters. The Kier molecular flexibility index (Phi) is 4.51. The molecule has 2 rings (SSSR count). The third-order valence-electron chi connectivity index (χ3n) is 3.20. The van der Waals surface area contributed by atoms with Gasteiger partial charge in [0.2, 0.25) is 0 Å². The molecule has 104 valence electrons. The van der Waals surface area contributed by atoms with E-state index in [9.17, 15) is 4.79 Å². The lowest BCUT2D eigenvalue weighted by molar-refractivity contribution is 0.102. The first kappa shape index (κ1) is 15.1. The maximum Gasteiger partial charge on any atom is 0.256 e. The van der Waals surface area contributed by atoms with Crippen molar-refractivity contribution in [3.05, 3.63) is 62.1 Å². The summed E-state index contributed by atoms with van der Waals surface area (Å²) in [7, 11) is 0. The quantitative estimate of drug-likeness (QED) is 0.782. The Morgan fingerprint density at radius 1 is 1.10 bits per heavy atom. The predicted molar refractivity (Wildman–Crippen MR) is 87.8 cm³/mol. The van der Waals surface area contributed by atoms with Gasteiger partial charge in [-0.3, -0.25) is 4.79 Å². The van der Waals surface area contributed by atoms with Crippen LogP contribution in [0.1, 0.15) is 27.0 Å². The second kappa shape index (κ2) is 5.98. The standard InChI is InChI=1S/C16H15BrClNO/c1-9-5-4-6-10(2)15(9)16(20)19-14-8-13(18)11(3)7-12(14)17/h4-8H,1-3H3,(H,19,20). The number of carbonyl (C=O) groups is 1. The maximum absolute atomic E-state index is 12.4. The fraction of sp³-hybridized carbons (Fsp3) is 0.188. The van der Waals surface area contributed by atoms with Crippen LogP contribution in [0.15, 0.2) is 34.8 Å². The highest BCUT2D eigenvalue weighted by atomic mass is 79.9. The van der Waals surface area contributed by atoms with Crippen LogP contribution in [-0.2, 0) is 0 Å². The summed E-state index contributed by atoms with van der Waals surface area (Å²) < 4.78 is 0.819. The van der Waals surface area contributed by atoms with Crippen LogP contribution in [0.3, 0.4) is 0 Å². The lowest BCUT2D eigenvalue weighted by atomic mass is 10.0. The molecule has 0 aliphatic rings. The van der Waals surface area contributed by atoms with Crippen molar-refractivity contribution in [1.29, 1.82) is 0 Å². The normalized spacial score (nSPS) is 10.4. The third kappa shape index (κ3) is 3.05. The molecule has 0 saturated carbocycles. The summed E-state index contributed by atoms with van der Waals surface area (Å²) in [5.41, 5.74) is 4.25. The van der Waals surface area contributed by atoms with Crippen LogP contribution in [-0.4, -0.2) is 5.91 Å². The van der Waals surface area contributed by atoms with E-state index < -0.39 is 0 Å². The molecule has 0 aliphatic heterocycles. The van der Waals surface area contributed by atoms with Crippen LogP contribution >= 0.6 is 27.5 Å². The van der Waals surface area contributed by atoms with E-state index in [4.69, 9.17) is 11.6 Å². The van der Waals surface area contributed by atoms with E-state index in [1.165, 1.54) is 0 Å². The minimum atomic E-state index is -0.124. The van der Waals surface area contributed by atoms with E-state index in [1.54, 1.807) is 6.07 Å². The number of anilines is 1. The van der Waals surface area contributed by atoms with Crippen LogP contribution in [0.4, 0.5) is 5.69 Å². The number of hydrogen-bond donors (Lipinski definition) is 1. The Hall–Kier alpha value is -1.32. The lowest BCUT2D eigenvalue weighted by Gasteiger charge is -2.12. The molecule has 0 aromatic heterocycles. The predicted octanol–water partition coefficient (Wildman–Crippen LogP) is 5.28. The SMILES string of the molecule is Cc1cc(Br)c(NC(=O)c2c(C)cccc2C)cc1Cl. The van der Waals surface area contributed by atoms with Gasteiger partial charge in [-0.1, -0.05) is 29.8 Å². The van der Waals surface area contributed by atoms with Crippen LogP contribution in [0.5, 0.6) is 0 Å². The Morgan fingerprint density at radius 2 is 1.70 bits per heavy atom. The topological polar surface area (TPSA) is 29.1 Å². The summed E-state index contributed by atoms with van der Waals surface area (Å²) in [6, 6.07) is 9.45. The van der Waals surface area contributed by atoms with Crippen molar-refractivity contribution in [2.45, 2.75) is 20.8 Å². The fourth-order valence-electron chi connectivity index (χ4n) is 2.10. The average molecular weight is 353 g/mol. The van der Waals surface area contributed by atoms with Gasteiger partial charge in [0.25, 0.3) is 5.91 Å². The number of benzene rings is 2. The summed E-state index contributed by atoms with van der Waals surface area (Å²) in [6.45, 7) is 5.78. The second-order valence-corrected chi connectivity index (χ2v) is 6.06. The van der Waals surface area contributed by atoms with Gasteiger partial charge in [0.1, 0.15) is 0 Å². The molecule has 0 aliphatic carbocycles. The van der Waals surface area contributed by atoms with Gasteiger partial charge in [-0.15, -0.1) is 0 Å². The fourth-order valence-corrected chi connectivity index (χ4v) is 2.82. The minimum Gasteiger partial charge on any atom is -0.321 e. The molecule has 20 heavy (non-hydrogen) atoms. The largest absolute Gasteiger partial charge is 0.321 e.